The van der Waals surface area contributed by atoms with E-state index < -0.39 is 6.10 Å². The second-order valence-corrected chi connectivity index (χ2v) is 4.73. The highest BCUT2D eigenvalue weighted by atomic mass is 16.3. The summed E-state index contributed by atoms with van der Waals surface area (Å²) in [7, 11) is 0. The predicted octanol–water partition coefficient (Wildman–Crippen LogP) is -1.94. The van der Waals surface area contributed by atoms with Crippen LogP contribution in [-0.2, 0) is 6.54 Å². The molecule has 2 aromatic heterocycles. The smallest absolute Gasteiger partial charge is 0.165 e. The highest BCUT2D eigenvalue weighted by Gasteiger charge is 2.14. The van der Waals surface area contributed by atoms with Crippen LogP contribution in [0.3, 0.4) is 0 Å². The molecule has 0 bridgehead atoms. The van der Waals surface area contributed by atoms with E-state index in [-0.39, 0.29) is 13.2 Å². The maximum atomic E-state index is 10.1. The third-order valence-electron chi connectivity index (χ3n) is 3.14. The van der Waals surface area contributed by atoms with Crippen molar-refractivity contribution in [1.29, 1.82) is 0 Å². The van der Waals surface area contributed by atoms with Gasteiger partial charge in [-0.3, -0.25) is 4.90 Å². The second kappa shape index (κ2) is 7.27. The van der Waals surface area contributed by atoms with E-state index in [1.54, 1.807) is 15.8 Å². The molecular weight excluding hydrogens is 276 g/mol. The van der Waals surface area contributed by atoms with Gasteiger partial charge in [0.1, 0.15) is 11.8 Å². The minimum atomic E-state index is -0.684. The first-order valence-electron chi connectivity index (χ1n) is 6.69. The van der Waals surface area contributed by atoms with Crippen molar-refractivity contribution in [3.8, 4) is 0 Å². The molecule has 0 unspecified atom stereocenters. The Morgan fingerprint density at radius 1 is 1.19 bits per heavy atom. The SMILES string of the molecule is Nc1ncnc2c1ncn2C[C@@H](O)CN(CCO)CCO. The highest BCUT2D eigenvalue weighted by Crippen LogP contribution is 2.14. The molecule has 0 aliphatic carbocycles. The van der Waals surface area contributed by atoms with Gasteiger partial charge in [-0.25, -0.2) is 15.0 Å². The van der Waals surface area contributed by atoms with Crippen LogP contribution in [0.1, 0.15) is 0 Å². The molecule has 0 saturated carbocycles. The molecule has 9 nitrogen and oxygen atoms in total. The van der Waals surface area contributed by atoms with Gasteiger partial charge >= 0.3 is 0 Å². The van der Waals surface area contributed by atoms with Crippen LogP contribution in [-0.4, -0.2) is 78.7 Å². The third kappa shape index (κ3) is 3.85. The van der Waals surface area contributed by atoms with Crippen molar-refractivity contribution in [2.75, 3.05) is 38.6 Å². The van der Waals surface area contributed by atoms with Crippen LogP contribution in [0.4, 0.5) is 5.82 Å². The number of aliphatic hydroxyl groups excluding tert-OH is 3. The number of nitrogen functional groups attached to an aromatic ring is 1. The van der Waals surface area contributed by atoms with Gasteiger partial charge in [-0.15, -0.1) is 0 Å². The Labute approximate surface area is 121 Å². The summed E-state index contributed by atoms with van der Waals surface area (Å²) >= 11 is 0. The molecule has 0 saturated heterocycles. The largest absolute Gasteiger partial charge is 0.395 e. The molecule has 9 heteroatoms. The van der Waals surface area contributed by atoms with Crippen LogP contribution in [0, 0.1) is 0 Å². The number of aliphatic hydroxyl groups is 3. The number of hydrogen-bond acceptors (Lipinski definition) is 8. The zero-order chi connectivity index (χ0) is 15.2. The molecule has 5 N–H and O–H groups in total. The van der Waals surface area contributed by atoms with Gasteiger partial charge < -0.3 is 25.6 Å². The molecule has 0 fully saturated rings. The van der Waals surface area contributed by atoms with Gasteiger partial charge in [0.2, 0.25) is 0 Å². The van der Waals surface area contributed by atoms with E-state index in [1.807, 2.05) is 0 Å². The van der Waals surface area contributed by atoms with E-state index in [1.165, 1.54) is 6.33 Å². The lowest BCUT2D eigenvalue weighted by atomic mass is 10.3. The Kier molecular flexibility index (Phi) is 5.39. The van der Waals surface area contributed by atoms with Crippen LogP contribution >= 0.6 is 0 Å². The van der Waals surface area contributed by atoms with Crippen molar-refractivity contribution in [1.82, 2.24) is 24.4 Å². The first kappa shape index (κ1) is 15.6. The number of nitrogens with zero attached hydrogens (tertiary/aromatic N) is 5. The highest BCUT2D eigenvalue weighted by molar-refractivity contribution is 5.81. The quantitative estimate of drug-likeness (QED) is 0.442. The van der Waals surface area contributed by atoms with E-state index in [0.717, 1.165) is 0 Å². The maximum Gasteiger partial charge on any atom is 0.165 e. The lowest BCUT2D eigenvalue weighted by Crippen LogP contribution is -2.38. The lowest BCUT2D eigenvalue weighted by molar-refractivity contribution is 0.0779. The Hall–Kier alpha value is -1.81. The molecule has 0 spiro atoms. The molecule has 2 heterocycles. The molecule has 1 atom stereocenters. The van der Waals surface area contributed by atoms with Crippen LogP contribution in [0.25, 0.3) is 11.2 Å². The molecule has 116 valence electrons. The summed E-state index contributed by atoms with van der Waals surface area (Å²) in [5, 5.41) is 28.1. The third-order valence-corrected chi connectivity index (χ3v) is 3.14. The van der Waals surface area contributed by atoms with Crippen molar-refractivity contribution in [2.45, 2.75) is 12.6 Å². The fourth-order valence-electron chi connectivity index (χ4n) is 2.19. The Morgan fingerprint density at radius 3 is 2.57 bits per heavy atom. The van der Waals surface area contributed by atoms with Crippen molar-refractivity contribution in [3.63, 3.8) is 0 Å². The fraction of sp³-hybridized carbons (Fsp3) is 0.583. The Morgan fingerprint density at radius 2 is 1.90 bits per heavy atom. The first-order valence-corrected chi connectivity index (χ1v) is 6.69. The average molecular weight is 296 g/mol. The Balaban J connectivity index is 2.03. The minimum absolute atomic E-state index is 0.0233. The second-order valence-electron chi connectivity index (χ2n) is 4.73. The summed E-state index contributed by atoms with van der Waals surface area (Å²) in [6.45, 7) is 1.38. The zero-order valence-electron chi connectivity index (χ0n) is 11.6. The zero-order valence-corrected chi connectivity index (χ0v) is 11.6. The summed E-state index contributed by atoms with van der Waals surface area (Å²) in [4.78, 5) is 13.9. The molecule has 0 amide bonds. The predicted molar refractivity (Wildman–Crippen MR) is 76.4 cm³/mol. The fourth-order valence-corrected chi connectivity index (χ4v) is 2.19. The van der Waals surface area contributed by atoms with E-state index in [9.17, 15) is 5.11 Å². The molecule has 0 aliphatic rings. The number of nitrogens with two attached hydrogens (primary N) is 1. The van der Waals surface area contributed by atoms with Crippen LogP contribution < -0.4 is 5.73 Å². The van der Waals surface area contributed by atoms with Crippen molar-refractivity contribution in [2.24, 2.45) is 0 Å². The number of anilines is 1. The lowest BCUT2D eigenvalue weighted by Gasteiger charge is -2.23. The number of aromatic nitrogens is 4. The topological polar surface area (TPSA) is 134 Å². The summed E-state index contributed by atoms with van der Waals surface area (Å²) in [5.74, 6) is 0.301. The molecule has 2 aromatic rings. The number of fused-ring (bicyclic) bond motifs is 1. The molecule has 0 aliphatic heterocycles. The van der Waals surface area contributed by atoms with E-state index in [4.69, 9.17) is 15.9 Å². The van der Waals surface area contributed by atoms with Crippen molar-refractivity contribution < 1.29 is 15.3 Å². The van der Waals surface area contributed by atoms with Crippen molar-refractivity contribution in [3.05, 3.63) is 12.7 Å². The van der Waals surface area contributed by atoms with Gasteiger partial charge in [0.15, 0.2) is 11.5 Å². The summed E-state index contributed by atoms with van der Waals surface area (Å²) < 4.78 is 1.70. The standard InChI is InChI=1S/C12H20N6O3/c13-11-10-12(15-7-14-11)18(8-16-10)6-9(21)5-17(1-3-19)2-4-20/h7-9,19-21H,1-6H2,(H2,13,14,15)/t9-/m0/s1. The van der Waals surface area contributed by atoms with E-state index in [2.05, 4.69) is 15.0 Å². The number of rotatable bonds is 8. The van der Waals surface area contributed by atoms with Crippen LogP contribution in [0.2, 0.25) is 0 Å². The summed E-state index contributed by atoms with van der Waals surface area (Å²) in [6.07, 6.45) is 2.23. The van der Waals surface area contributed by atoms with E-state index >= 15 is 0 Å². The summed E-state index contributed by atoms with van der Waals surface area (Å²) in [5.41, 5.74) is 6.78. The first-order chi connectivity index (χ1) is 10.2. The monoisotopic (exact) mass is 296 g/mol. The van der Waals surface area contributed by atoms with Gasteiger partial charge in [-0.1, -0.05) is 0 Å². The number of hydrogen-bond donors (Lipinski definition) is 4. The summed E-state index contributed by atoms with van der Waals surface area (Å²) in [6, 6.07) is 0. The Bertz CT molecular complexity index is 569. The molecular formula is C12H20N6O3. The van der Waals surface area contributed by atoms with Gasteiger partial charge in [0, 0.05) is 19.6 Å². The van der Waals surface area contributed by atoms with Crippen LogP contribution in [0.15, 0.2) is 12.7 Å². The molecule has 2 rings (SSSR count). The molecule has 21 heavy (non-hydrogen) atoms. The van der Waals surface area contributed by atoms with Gasteiger partial charge in [-0.2, -0.15) is 0 Å². The van der Waals surface area contributed by atoms with Gasteiger partial charge in [0.25, 0.3) is 0 Å². The number of imidazole rings is 1. The minimum Gasteiger partial charge on any atom is -0.395 e. The van der Waals surface area contributed by atoms with E-state index in [0.29, 0.717) is 43.2 Å². The normalized spacial score (nSPS) is 13.1. The van der Waals surface area contributed by atoms with Gasteiger partial charge in [-0.05, 0) is 0 Å². The van der Waals surface area contributed by atoms with Crippen molar-refractivity contribution >= 4 is 17.0 Å². The maximum absolute atomic E-state index is 10.1. The average Bonchev–Trinajstić information content (AvgIpc) is 2.84. The molecule has 0 aromatic carbocycles. The van der Waals surface area contributed by atoms with Crippen LogP contribution in [0.5, 0.6) is 0 Å². The van der Waals surface area contributed by atoms with Gasteiger partial charge in [0.05, 0.1) is 32.2 Å². The molecule has 0 radical (unpaired) electrons.